The molecule has 2 amide bonds. The third-order valence-electron chi connectivity index (χ3n) is 7.42. The number of cyclic esters (lactones) is 1. The number of carbonyl (C=O) groups is 3. The lowest BCUT2D eigenvalue weighted by Gasteiger charge is -2.27. The summed E-state index contributed by atoms with van der Waals surface area (Å²) in [7, 11) is 1.55. The zero-order valence-corrected chi connectivity index (χ0v) is 23.2. The quantitative estimate of drug-likeness (QED) is 0.273. The van der Waals surface area contributed by atoms with Gasteiger partial charge in [-0.2, -0.15) is 0 Å². The van der Waals surface area contributed by atoms with Gasteiger partial charge in [0.2, 0.25) is 0 Å². The summed E-state index contributed by atoms with van der Waals surface area (Å²) in [6.45, 7) is 7.55. The Morgan fingerprint density at radius 3 is 2.58 bits per heavy atom. The van der Waals surface area contributed by atoms with Crippen LogP contribution in [-0.4, -0.2) is 67.9 Å². The van der Waals surface area contributed by atoms with Crippen molar-refractivity contribution >= 4 is 29.3 Å². The first-order valence-corrected chi connectivity index (χ1v) is 13.5. The zero-order chi connectivity index (χ0) is 28.6. The Hall–Kier alpha value is -3.89. The van der Waals surface area contributed by atoms with E-state index >= 15 is 0 Å². The molecule has 0 radical (unpaired) electrons. The van der Waals surface area contributed by atoms with E-state index in [0.717, 1.165) is 24.2 Å². The molecule has 0 bridgehead atoms. The number of allylic oxidation sites excluding steroid dienone is 2. The van der Waals surface area contributed by atoms with Crippen LogP contribution in [0.1, 0.15) is 46.8 Å². The molecule has 1 unspecified atom stereocenters. The van der Waals surface area contributed by atoms with Gasteiger partial charge in [0.1, 0.15) is 12.4 Å². The summed E-state index contributed by atoms with van der Waals surface area (Å²) < 4.78 is 16.5. The summed E-state index contributed by atoms with van der Waals surface area (Å²) in [6.07, 6.45) is 3.20. The van der Waals surface area contributed by atoms with Crippen LogP contribution < -0.4 is 15.4 Å². The largest absolute Gasteiger partial charge is 0.496 e. The van der Waals surface area contributed by atoms with Gasteiger partial charge in [0.25, 0.3) is 0 Å². The Balaban J connectivity index is 1.57. The zero-order valence-electron chi connectivity index (χ0n) is 23.2. The van der Waals surface area contributed by atoms with Gasteiger partial charge in [-0.05, 0) is 57.4 Å². The van der Waals surface area contributed by atoms with E-state index in [1.807, 2.05) is 38.1 Å². The molecular formula is C30H37N3O7. The van der Waals surface area contributed by atoms with Crippen LogP contribution in [0.25, 0.3) is 0 Å². The van der Waals surface area contributed by atoms with Gasteiger partial charge >= 0.3 is 18.0 Å². The predicted octanol–water partition coefficient (Wildman–Crippen LogP) is 4.62. The molecule has 1 saturated heterocycles. The number of amides is 2. The Labute approximate surface area is 234 Å². The highest BCUT2D eigenvalue weighted by Crippen LogP contribution is 2.41. The molecule has 2 aliphatic rings. The highest BCUT2D eigenvalue weighted by molar-refractivity contribution is 6.08. The van der Waals surface area contributed by atoms with E-state index in [-0.39, 0.29) is 6.61 Å². The van der Waals surface area contributed by atoms with E-state index in [4.69, 9.17) is 14.2 Å². The SMILES string of the molecule is COc1c(C)c2c(c(NC(=O)Nc3ccccc3)c1C/C=C(\C)CC(CCN1CCOCC1)C(=O)O)C(=O)OC2. The topological polar surface area (TPSA) is 126 Å². The Kier molecular flexibility index (Phi) is 9.79. The van der Waals surface area contributed by atoms with Crippen molar-refractivity contribution in [1.29, 1.82) is 0 Å². The highest BCUT2D eigenvalue weighted by Gasteiger charge is 2.33. The van der Waals surface area contributed by atoms with Gasteiger partial charge in [-0.1, -0.05) is 29.8 Å². The second-order valence-electron chi connectivity index (χ2n) is 10.1. The number of anilines is 2. The van der Waals surface area contributed by atoms with E-state index in [2.05, 4.69) is 15.5 Å². The predicted molar refractivity (Wildman–Crippen MR) is 151 cm³/mol. The van der Waals surface area contributed by atoms with Crippen LogP contribution in [0, 0.1) is 12.8 Å². The number of aliphatic carboxylic acids is 1. The molecule has 1 atom stereocenters. The molecule has 2 aromatic rings. The van der Waals surface area contributed by atoms with E-state index in [0.29, 0.717) is 72.8 Å². The van der Waals surface area contributed by atoms with Gasteiger partial charge in [0, 0.05) is 29.9 Å². The van der Waals surface area contributed by atoms with Crippen molar-refractivity contribution in [3.63, 3.8) is 0 Å². The number of rotatable bonds is 11. The fourth-order valence-corrected chi connectivity index (χ4v) is 5.21. The maximum Gasteiger partial charge on any atom is 0.341 e. The molecule has 0 aliphatic carbocycles. The van der Waals surface area contributed by atoms with Crippen LogP contribution in [-0.2, 0) is 27.3 Å². The number of carboxylic acid groups (broad SMARTS) is 1. The number of nitrogens with one attached hydrogen (secondary N) is 2. The first-order chi connectivity index (χ1) is 19.3. The molecule has 40 heavy (non-hydrogen) atoms. The number of hydrogen-bond acceptors (Lipinski definition) is 7. The monoisotopic (exact) mass is 551 g/mol. The van der Waals surface area contributed by atoms with Crippen LogP contribution in [0.5, 0.6) is 5.75 Å². The van der Waals surface area contributed by atoms with Gasteiger partial charge in [0.15, 0.2) is 0 Å². The lowest BCUT2D eigenvalue weighted by Crippen LogP contribution is -2.38. The van der Waals surface area contributed by atoms with Gasteiger partial charge in [0.05, 0.1) is 37.5 Å². The molecule has 10 nitrogen and oxygen atoms in total. The number of morpholine rings is 1. The smallest absolute Gasteiger partial charge is 0.341 e. The fraction of sp³-hybridized carbons (Fsp3) is 0.433. The molecule has 2 heterocycles. The van der Waals surface area contributed by atoms with Crippen LogP contribution in [0.15, 0.2) is 42.0 Å². The Bertz CT molecular complexity index is 1270. The van der Waals surface area contributed by atoms with Gasteiger partial charge in [-0.3, -0.25) is 9.69 Å². The maximum absolute atomic E-state index is 13.0. The van der Waals surface area contributed by atoms with Crippen molar-refractivity contribution in [2.45, 2.75) is 39.7 Å². The van der Waals surface area contributed by atoms with E-state index < -0.39 is 23.9 Å². The number of carbonyl (C=O) groups excluding carboxylic acids is 2. The molecule has 3 N–H and O–H groups in total. The molecule has 214 valence electrons. The summed E-state index contributed by atoms with van der Waals surface area (Å²) in [6, 6.07) is 8.49. The highest BCUT2D eigenvalue weighted by atomic mass is 16.5. The first-order valence-electron chi connectivity index (χ1n) is 13.5. The third kappa shape index (κ3) is 7.00. The number of benzene rings is 2. The van der Waals surface area contributed by atoms with Crippen molar-refractivity contribution < 1.29 is 33.7 Å². The van der Waals surface area contributed by atoms with Gasteiger partial charge in [-0.15, -0.1) is 0 Å². The Morgan fingerprint density at radius 2 is 1.90 bits per heavy atom. The van der Waals surface area contributed by atoms with Crippen molar-refractivity contribution in [2.24, 2.45) is 5.92 Å². The summed E-state index contributed by atoms with van der Waals surface area (Å²) >= 11 is 0. The average Bonchev–Trinajstić information content (AvgIpc) is 3.34. The van der Waals surface area contributed by atoms with Crippen molar-refractivity contribution in [1.82, 2.24) is 4.90 Å². The summed E-state index contributed by atoms with van der Waals surface area (Å²) in [4.78, 5) is 40.0. The number of hydrogen-bond donors (Lipinski definition) is 3. The maximum atomic E-state index is 13.0. The minimum Gasteiger partial charge on any atom is -0.496 e. The van der Waals surface area contributed by atoms with Crippen molar-refractivity contribution in [3.8, 4) is 5.75 Å². The molecule has 2 aromatic carbocycles. The van der Waals surface area contributed by atoms with Crippen LogP contribution in [0.2, 0.25) is 0 Å². The molecule has 2 aliphatic heterocycles. The van der Waals surface area contributed by atoms with Crippen molar-refractivity contribution in [2.75, 3.05) is 50.6 Å². The number of nitrogens with zero attached hydrogens (tertiary/aromatic N) is 1. The molecule has 0 saturated carbocycles. The second-order valence-corrected chi connectivity index (χ2v) is 10.1. The normalized spacial score (nSPS) is 16.2. The molecule has 10 heteroatoms. The number of carboxylic acids is 1. The minimum atomic E-state index is -0.824. The molecule has 0 aromatic heterocycles. The van der Waals surface area contributed by atoms with E-state index in [1.165, 1.54) is 0 Å². The number of ether oxygens (including phenoxy) is 3. The summed E-state index contributed by atoms with van der Waals surface area (Å²) in [5.74, 6) is -1.30. The number of esters is 1. The van der Waals surface area contributed by atoms with Crippen LogP contribution >= 0.6 is 0 Å². The van der Waals surface area contributed by atoms with E-state index in [9.17, 15) is 19.5 Å². The molecule has 4 rings (SSSR count). The summed E-state index contributed by atoms with van der Waals surface area (Å²) in [5.41, 5.74) is 4.23. The second kappa shape index (κ2) is 13.5. The molecular weight excluding hydrogens is 514 g/mol. The lowest BCUT2D eigenvalue weighted by atomic mass is 9.92. The fourth-order valence-electron chi connectivity index (χ4n) is 5.21. The Morgan fingerprint density at radius 1 is 1.18 bits per heavy atom. The number of urea groups is 1. The van der Waals surface area contributed by atoms with Crippen LogP contribution in [0.4, 0.5) is 16.2 Å². The van der Waals surface area contributed by atoms with Crippen LogP contribution in [0.3, 0.4) is 0 Å². The standard InChI is InChI=1S/C30H37N3O7/c1-19(17-21(28(34)35)11-12-33-13-15-39-16-14-33)9-10-23-26(32-30(37)31-22-7-5-4-6-8-22)25-24(18-40-29(25)36)20(2)27(23)38-3/h4-9,21H,10-18H2,1-3H3,(H,34,35)(H2,31,32,37)/b19-9+. The number of para-hydroxylation sites is 1. The third-order valence-corrected chi connectivity index (χ3v) is 7.42. The lowest BCUT2D eigenvalue weighted by molar-refractivity contribution is -0.142. The van der Waals surface area contributed by atoms with Crippen molar-refractivity contribution in [3.05, 3.63) is 64.2 Å². The van der Waals surface area contributed by atoms with Gasteiger partial charge < -0.3 is 30.0 Å². The molecule has 0 spiro atoms. The summed E-state index contributed by atoms with van der Waals surface area (Å²) in [5, 5.41) is 15.5. The average molecular weight is 552 g/mol. The van der Waals surface area contributed by atoms with E-state index in [1.54, 1.807) is 19.2 Å². The molecule has 1 fully saturated rings. The number of methoxy groups -OCH3 is 1. The first kappa shape index (κ1) is 29.1. The van der Waals surface area contributed by atoms with Gasteiger partial charge in [-0.25, -0.2) is 9.59 Å². The minimum absolute atomic E-state index is 0.101. The number of fused-ring (bicyclic) bond motifs is 1.